The predicted octanol–water partition coefficient (Wildman–Crippen LogP) is 2.75. The van der Waals surface area contributed by atoms with Gasteiger partial charge in [-0.3, -0.25) is 4.79 Å². The van der Waals surface area contributed by atoms with E-state index in [2.05, 4.69) is 13.8 Å². The summed E-state index contributed by atoms with van der Waals surface area (Å²) in [5.74, 6) is 0.407. The van der Waals surface area contributed by atoms with Crippen molar-refractivity contribution >= 4 is 24.0 Å². The molecule has 0 saturated heterocycles. The molecule has 1 atom stereocenters. The average Bonchev–Trinajstić information content (AvgIpc) is 2.26. The Bertz CT molecular complexity index is 393. The molecule has 0 bridgehead atoms. The Kier molecular flexibility index (Phi) is 6.96. The van der Waals surface area contributed by atoms with Crippen molar-refractivity contribution in [2.45, 2.75) is 33.2 Å². The third kappa shape index (κ3) is 4.67. The highest BCUT2D eigenvalue weighted by Gasteiger charge is 2.19. The standard InChI is InChI=1S/C14H22N2O.ClH/c1-10(2)8-13(15)14(17)16(4)12-7-5-6-11(3)9-12;/h5-7,9-10,13H,8,15H2,1-4H3;1H/t13-;/m0./s1. The first-order valence-electron chi connectivity index (χ1n) is 6.01. The summed E-state index contributed by atoms with van der Waals surface area (Å²) in [5, 5.41) is 0. The lowest BCUT2D eigenvalue weighted by Crippen LogP contribution is -2.42. The maximum absolute atomic E-state index is 12.1. The van der Waals surface area contributed by atoms with E-state index in [1.807, 2.05) is 31.2 Å². The molecule has 3 nitrogen and oxygen atoms in total. The van der Waals surface area contributed by atoms with E-state index >= 15 is 0 Å². The lowest BCUT2D eigenvalue weighted by Gasteiger charge is -2.22. The quantitative estimate of drug-likeness (QED) is 0.914. The molecule has 0 aliphatic heterocycles. The molecule has 0 radical (unpaired) electrons. The summed E-state index contributed by atoms with van der Waals surface area (Å²) in [4.78, 5) is 13.7. The van der Waals surface area contributed by atoms with Crippen LogP contribution in [0.1, 0.15) is 25.8 Å². The maximum atomic E-state index is 12.1. The van der Waals surface area contributed by atoms with Crippen LogP contribution in [0.25, 0.3) is 0 Å². The molecule has 0 fully saturated rings. The zero-order chi connectivity index (χ0) is 13.0. The Balaban J connectivity index is 0.00000289. The molecule has 2 N–H and O–H groups in total. The van der Waals surface area contributed by atoms with Gasteiger partial charge in [-0.2, -0.15) is 0 Å². The van der Waals surface area contributed by atoms with Gasteiger partial charge in [0.2, 0.25) is 5.91 Å². The van der Waals surface area contributed by atoms with Crippen LogP contribution < -0.4 is 10.6 Å². The highest BCUT2D eigenvalue weighted by molar-refractivity contribution is 5.96. The average molecular weight is 271 g/mol. The highest BCUT2D eigenvalue weighted by atomic mass is 35.5. The van der Waals surface area contributed by atoms with Crippen molar-refractivity contribution in [1.29, 1.82) is 0 Å². The molecule has 4 heteroatoms. The summed E-state index contributed by atoms with van der Waals surface area (Å²) in [6.07, 6.45) is 0.717. The van der Waals surface area contributed by atoms with Crippen molar-refractivity contribution < 1.29 is 4.79 Å². The molecular weight excluding hydrogens is 248 g/mol. The van der Waals surface area contributed by atoms with Crippen LogP contribution in [0.5, 0.6) is 0 Å². The van der Waals surface area contributed by atoms with E-state index in [0.29, 0.717) is 5.92 Å². The van der Waals surface area contributed by atoms with Gasteiger partial charge in [0, 0.05) is 12.7 Å². The topological polar surface area (TPSA) is 46.3 Å². The zero-order valence-electron chi connectivity index (χ0n) is 11.5. The Morgan fingerprint density at radius 3 is 2.50 bits per heavy atom. The number of likely N-dealkylation sites (N-methyl/N-ethyl adjacent to an activating group) is 1. The lowest BCUT2D eigenvalue weighted by molar-refractivity contribution is -0.119. The fourth-order valence-electron chi connectivity index (χ4n) is 1.82. The van der Waals surface area contributed by atoms with E-state index < -0.39 is 6.04 Å². The van der Waals surface area contributed by atoms with Gasteiger partial charge in [0.1, 0.15) is 0 Å². The van der Waals surface area contributed by atoms with Crippen LogP contribution in [0.3, 0.4) is 0 Å². The number of aryl methyl sites for hydroxylation is 1. The van der Waals surface area contributed by atoms with Crippen LogP contribution in [0.15, 0.2) is 24.3 Å². The number of halogens is 1. The monoisotopic (exact) mass is 270 g/mol. The molecule has 0 saturated carbocycles. The molecule has 1 amide bonds. The number of nitrogens with two attached hydrogens (primary N) is 1. The Morgan fingerprint density at radius 2 is 2.00 bits per heavy atom. The first-order valence-corrected chi connectivity index (χ1v) is 6.01. The number of benzene rings is 1. The van der Waals surface area contributed by atoms with Crippen LogP contribution in [-0.4, -0.2) is 19.0 Å². The normalized spacial score (nSPS) is 11.9. The number of hydrogen-bond donors (Lipinski definition) is 1. The van der Waals surface area contributed by atoms with Crippen molar-refractivity contribution in [3.8, 4) is 0 Å². The number of carbonyl (C=O) groups excluding carboxylic acids is 1. The zero-order valence-corrected chi connectivity index (χ0v) is 12.3. The van der Waals surface area contributed by atoms with Crippen molar-refractivity contribution in [2.75, 3.05) is 11.9 Å². The van der Waals surface area contributed by atoms with Crippen LogP contribution >= 0.6 is 12.4 Å². The number of amides is 1. The van der Waals surface area contributed by atoms with Crippen LogP contribution in [0.2, 0.25) is 0 Å². The van der Waals surface area contributed by atoms with E-state index in [9.17, 15) is 4.79 Å². The summed E-state index contributed by atoms with van der Waals surface area (Å²) in [7, 11) is 1.78. The largest absolute Gasteiger partial charge is 0.320 e. The number of rotatable bonds is 4. The molecule has 0 aromatic heterocycles. The van der Waals surface area contributed by atoms with Crippen molar-refractivity contribution in [3.05, 3.63) is 29.8 Å². The van der Waals surface area contributed by atoms with E-state index in [4.69, 9.17) is 5.73 Å². The van der Waals surface area contributed by atoms with Gasteiger partial charge in [-0.1, -0.05) is 26.0 Å². The first-order chi connectivity index (χ1) is 7.91. The summed E-state index contributed by atoms with van der Waals surface area (Å²) in [6.45, 7) is 6.15. The van der Waals surface area contributed by atoms with E-state index in [1.165, 1.54) is 0 Å². The second kappa shape index (κ2) is 7.39. The Morgan fingerprint density at radius 1 is 1.39 bits per heavy atom. The van der Waals surface area contributed by atoms with Gasteiger partial charge in [-0.05, 0) is 37.0 Å². The highest BCUT2D eigenvalue weighted by Crippen LogP contribution is 2.16. The predicted molar refractivity (Wildman–Crippen MR) is 79.3 cm³/mol. The van der Waals surface area contributed by atoms with Gasteiger partial charge >= 0.3 is 0 Å². The molecule has 0 aliphatic carbocycles. The second-order valence-corrected chi connectivity index (χ2v) is 4.97. The van der Waals surface area contributed by atoms with Gasteiger partial charge in [-0.15, -0.1) is 12.4 Å². The van der Waals surface area contributed by atoms with Gasteiger partial charge in [0.15, 0.2) is 0 Å². The van der Waals surface area contributed by atoms with Gasteiger partial charge in [-0.25, -0.2) is 0 Å². The maximum Gasteiger partial charge on any atom is 0.243 e. The van der Waals surface area contributed by atoms with E-state index in [-0.39, 0.29) is 18.3 Å². The summed E-state index contributed by atoms with van der Waals surface area (Å²) in [6, 6.07) is 7.45. The first kappa shape index (κ1) is 16.9. The molecule has 1 rings (SSSR count). The Hall–Kier alpha value is -1.06. The minimum absolute atomic E-state index is 0. The number of hydrogen-bond acceptors (Lipinski definition) is 2. The number of nitrogens with zero attached hydrogens (tertiary/aromatic N) is 1. The van der Waals surface area contributed by atoms with Crippen molar-refractivity contribution in [1.82, 2.24) is 0 Å². The minimum Gasteiger partial charge on any atom is -0.320 e. The third-order valence-corrected chi connectivity index (χ3v) is 2.76. The summed E-state index contributed by atoms with van der Waals surface area (Å²) < 4.78 is 0. The SMILES string of the molecule is Cc1cccc(N(C)C(=O)[C@@H](N)CC(C)C)c1.Cl. The van der Waals surface area contributed by atoms with Crippen molar-refractivity contribution in [3.63, 3.8) is 0 Å². The Labute approximate surface area is 116 Å². The number of anilines is 1. The van der Waals surface area contributed by atoms with Gasteiger partial charge in [0.05, 0.1) is 6.04 Å². The van der Waals surface area contributed by atoms with E-state index in [1.54, 1.807) is 11.9 Å². The van der Waals surface area contributed by atoms with Crippen LogP contribution in [0.4, 0.5) is 5.69 Å². The van der Waals surface area contributed by atoms with Crippen molar-refractivity contribution in [2.24, 2.45) is 11.7 Å². The smallest absolute Gasteiger partial charge is 0.243 e. The van der Waals surface area contributed by atoms with Crippen LogP contribution in [0, 0.1) is 12.8 Å². The molecule has 0 unspecified atom stereocenters. The lowest BCUT2D eigenvalue weighted by atomic mass is 10.0. The molecule has 0 aliphatic rings. The molecule has 102 valence electrons. The second-order valence-electron chi connectivity index (χ2n) is 4.97. The molecule has 0 spiro atoms. The van der Waals surface area contributed by atoms with Crippen LogP contribution in [-0.2, 0) is 4.79 Å². The third-order valence-electron chi connectivity index (χ3n) is 2.76. The van der Waals surface area contributed by atoms with Gasteiger partial charge in [0.25, 0.3) is 0 Å². The number of carbonyl (C=O) groups is 1. The minimum atomic E-state index is -0.416. The van der Waals surface area contributed by atoms with Gasteiger partial charge < -0.3 is 10.6 Å². The molecular formula is C14H23ClN2O. The fourth-order valence-corrected chi connectivity index (χ4v) is 1.82. The molecule has 1 aromatic rings. The fraction of sp³-hybridized carbons (Fsp3) is 0.500. The molecule has 0 heterocycles. The summed E-state index contributed by atoms with van der Waals surface area (Å²) in [5.41, 5.74) is 7.94. The summed E-state index contributed by atoms with van der Waals surface area (Å²) >= 11 is 0. The molecule has 18 heavy (non-hydrogen) atoms. The van der Waals surface area contributed by atoms with E-state index in [0.717, 1.165) is 17.7 Å². The molecule has 1 aromatic carbocycles.